The summed E-state index contributed by atoms with van der Waals surface area (Å²) in [6, 6.07) is 5.54. The molecule has 34 heavy (non-hydrogen) atoms. The molecule has 0 bridgehead atoms. The number of benzene rings is 2. The number of nitrogens with zero attached hydrogens (tertiary/aromatic N) is 1. The number of rotatable bonds is 8. The molecule has 5 nitrogen and oxygen atoms in total. The van der Waals surface area contributed by atoms with E-state index < -0.39 is 60.6 Å². The zero-order valence-electron chi connectivity index (χ0n) is 17.7. The maximum Gasteiger partial charge on any atom is 0.425 e. The van der Waals surface area contributed by atoms with E-state index in [2.05, 4.69) is 10.6 Å². The van der Waals surface area contributed by atoms with Crippen molar-refractivity contribution in [2.75, 3.05) is 23.7 Å². The highest BCUT2D eigenvalue weighted by Crippen LogP contribution is 2.34. The van der Waals surface area contributed by atoms with E-state index in [4.69, 9.17) is 16.3 Å². The number of para-hydroxylation sites is 1. The van der Waals surface area contributed by atoms with Gasteiger partial charge in [0.1, 0.15) is 17.4 Å². The third-order valence-electron chi connectivity index (χ3n) is 5.16. The Morgan fingerprint density at radius 2 is 1.91 bits per heavy atom. The van der Waals surface area contributed by atoms with Crippen molar-refractivity contribution >= 4 is 23.0 Å². The monoisotopic (exact) mass is 515 g/mol. The Morgan fingerprint density at radius 1 is 1.21 bits per heavy atom. The highest BCUT2D eigenvalue weighted by molar-refractivity contribution is 6.33. The summed E-state index contributed by atoms with van der Waals surface area (Å²) in [5.74, 6) is -5.19. The fourth-order valence-corrected chi connectivity index (χ4v) is 3.49. The highest BCUT2D eigenvalue weighted by atomic mass is 35.5. The average molecular weight is 516 g/mol. The minimum Gasteiger partial charge on any atom is -0.481 e. The molecule has 188 valence electrons. The van der Waals surface area contributed by atoms with Crippen molar-refractivity contribution < 1.29 is 40.6 Å². The van der Waals surface area contributed by atoms with Gasteiger partial charge in [-0.05, 0) is 25.1 Å². The second kappa shape index (κ2) is 10.0. The molecule has 0 saturated carbocycles. The lowest BCUT2D eigenvalue weighted by molar-refractivity contribution is -0.189. The lowest BCUT2D eigenvalue weighted by Gasteiger charge is -2.26. The number of likely N-dealkylation sites (tertiary alicyclic amines) is 1. The van der Waals surface area contributed by atoms with E-state index in [0.717, 1.165) is 30.0 Å². The Balaban J connectivity index is 1.86. The Morgan fingerprint density at radius 3 is 2.50 bits per heavy atom. The second-order valence-electron chi connectivity index (χ2n) is 7.79. The van der Waals surface area contributed by atoms with E-state index in [-0.39, 0.29) is 29.4 Å². The first kappa shape index (κ1) is 26.2. The standard InChI is InChI=1S/C21H21ClF7N3O2/c1-11(21(27,28)29)34-17-8-16(31-19(33)32-6-5-20(25,26)10-32)15(24)7-12(17)9-30-18-13(22)3-2-4-14(18)23/h2-4,7-8,11,19,30-31,33H,5-6,9-10H2,1H3/t11-,19?/m0/s1. The molecular formula is C21H21ClF7N3O2. The molecule has 1 heterocycles. The molecule has 2 aromatic carbocycles. The summed E-state index contributed by atoms with van der Waals surface area (Å²) in [5, 5.41) is 15.0. The molecule has 0 aromatic heterocycles. The summed E-state index contributed by atoms with van der Waals surface area (Å²) < 4.78 is 99.8. The van der Waals surface area contributed by atoms with Gasteiger partial charge in [-0.2, -0.15) is 13.2 Å². The molecule has 1 saturated heterocycles. The summed E-state index contributed by atoms with van der Waals surface area (Å²) in [6.07, 6.45) is -9.27. The maximum atomic E-state index is 14.7. The van der Waals surface area contributed by atoms with Crippen LogP contribution in [-0.4, -0.2) is 47.7 Å². The van der Waals surface area contributed by atoms with Gasteiger partial charge in [0.05, 0.1) is 22.9 Å². The van der Waals surface area contributed by atoms with E-state index in [1.807, 2.05) is 0 Å². The first-order chi connectivity index (χ1) is 15.8. The molecule has 1 fully saturated rings. The van der Waals surface area contributed by atoms with Gasteiger partial charge in [-0.3, -0.25) is 4.90 Å². The number of aliphatic hydroxyl groups excluding tert-OH is 1. The minimum absolute atomic E-state index is 0.00424. The first-order valence-electron chi connectivity index (χ1n) is 10.1. The summed E-state index contributed by atoms with van der Waals surface area (Å²) in [5.41, 5.74) is -0.729. The fraction of sp³-hybridized carbons (Fsp3) is 0.429. The molecule has 13 heteroatoms. The summed E-state index contributed by atoms with van der Waals surface area (Å²) in [6.45, 7) is -0.577. The smallest absolute Gasteiger partial charge is 0.425 e. The van der Waals surface area contributed by atoms with Crippen LogP contribution < -0.4 is 15.4 Å². The van der Waals surface area contributed by atoms with E-state index in [9.17, 15) is 35.8 Å². The number of aliphatic hydroxyl groups is 1. The Bertz CT molecular complexity index is 1000. The lowest BCUT2D eigenvalue weighted by Crippen LogP contribution is -2.40. The Hall–Kier alpha value is -2.44. The van der Waals surface area contributed by atoms with Gasteiger partial charge in [0.15, 0.2) is 12.5 Å². The molecule has 3 rings (SSSR count). The van der Waals surface area contributed by atoms with Crippen LogP contribution in [0.3, 0.4) is 0 Å². The van der Waals surface area contributed by atoms with Crippen LogP contribution in [0.25, 0.3) is 0 Å². The largest absolute Gasteiger partial charge is 0.481 e. The van der Waals surface area contributed by atoms with Crippen molar-refractivity contribution in [2.24, 2.45) is 0 Å². The fourth-order valence-electron chi connectivity index (χ4n) is 3.26. The van der Waals surface area contributed by atoms with Crippen molar-refractivity contribution in [3.8, 4) is 5.75 Å². The molecule has 0 aliphatic carbocycles. The normalized spacial score (nSPS) is 17.9. The molecule has 1 aliphatic rings. The van der Waals surface area contributed by atoms with Crippen LogP contribution in [0.4, 0.5) is 42.1 Å². The van der Waals surface area contributed by atoms with Crippen LogP contribution in [0, 0.1) is 11.6 Å². The summed E-state index contributed by atoms with van der Waals surface area (Å²) in [7, 11) is 0. The van der Waals surface area contributed by atoms with Crippen LogP contribution in [0.15, 0.2) is 30.3 Å². The molecule has 2 atom stereocenters. The Kier molecular flexibility index (Phi) is 7.73. The lowest BCUT2D eigenvalue weighted by atomic mass is 10.1. The molecule has 0 spiro atoms. The van der Waals surface area contributed by atoms with Gasteiger partial charge < -0.3 is 20.5 Å². The van der Waals surface area contributed by atoms with Crippen molar-refractivity contribution in [2.45, 2.75) is 44.4 Å². The van der Waals surface area contributed by atoms with Gasteiger partial charge in [0.2, 0.25) is 0 Å². The van der Waals surface area contributed by atoms with Crippen LogP contribution in [-0.2, 0) is 6.54 Å². The van der Waals surface area contributed by atoms with Gasteiger partial charge in [-0.25, -0.2) is 17.6 Å². The topological polar surface area (TPSA) is 56.8 Å². The van der Waals surface area contributed by atoms with Crippen molar-refractivity contribution in [3.63, 3.8) is 0 Å². The highest BCUT2D eigenvalue weighted by Gasteiger charge is 2.41. The van der Waals surface area contributed by atoms with Crippen LogP contribution >= 0.6 is 11.6 Å². The van der Waals surface area contributed by atoms with Crippen molar-refractivity contribution in [1.29, 1.82) is 0 Å². The second-order valence-corrected chi connectivity index (χ2v) is 8.19. The van der Waals surface area contributed by atoms with Gasteiger partial charge in [0, 0.05) is 31.1 Å². The van der Waals surface area contributed by atoms with E-state index in [0.29, 0.717) is 0 Å². The number of nitrogens with one attached hydrogen (secondary N) is 2. The average Bonchev–Trinajstić information content (AvgIpc) is 3.09. The van der Waals surface area contributed by atoms with Crippen LogP contribution in [0.1, 0.15) is 18.9 Å². The number of hydrogen-bond donors (Lipinski definition) is 3. The van der Waals surface area contributed by atoms with Gasteiger partial charge in [0.25, 0.3) is 5.92 Å². The van der Waals surface area contributed by atoms with Crippen LogP contribution in [0.5, 0.6) is 5.75 Å². The van der Waals surface area contributed by atoms with E-state index >= 15 is 0 Å². The van der Waals surface area contributed by atoms with Gasteiger partial charge in [-0.15, -0.1) is 0 Å². The zero-order valence-corrected chi connectivity index (χ0v) is 18.5. The van der Waals surface area contributed by atoms with Crippen molar-refractivity contribution in [3.05, 3.63) is 52.6 Å². The summed E-state index contributed by atoms with van der Waals surface area (Å²) >= 11 is 5.92. The molecule has 3 N–H and O–H groups in total. The third kappa shape index (κ3) is 6.36. The Labute approximate surface area is 195 Å². The van der Waals surface area contributed by atoms with Gasteiger partial charge in [-0.1, -0.05) is 17.7 Å². The number of anilines is 2. The zero-order chi connectivity index (χ0) is 25.3. The molecule has 1 unspecified atom stereocenters. The van der Waals surface area contributed by atoms with Crippen LogP contribution in [0.2, 0.25) is 5.02 Å². The van der Waals surface area contributed by atoms with Crippen molar-refractivity contribution in [1.82, 2.24) is 4.90 Å². The molecular weight excluding hydrogens is 495 g/mol. The molecule has 0 radical (unpaired) electrons. The predicted molar refractivity (Wildman–Crippen MR) is 112 cm³/mol. The molecule has 1 aliphatic heterocycles. The van der Waals surface area contributed by atoms with Gasteiger partial charge >= 0.3 is 6.18 Å². The number of hydrogen-bond acceptors (Lipinski definition) is 5. The number of alkyl halides is 5. The third-order valence-corrected chi connectivity index (χ3v) is 5.48. The summed E-state index contributed by atoms with van der Waals surface area (Å²) in [4.78, 5) is 0.952. The van der Waals surface area contributed by atoms with E-state index in [1.165, 1.54) is 12.1 Å². The predicted octanol–water partition coefficient (Wildman–Crippen LogP) is 5.59. The minimum atomic E-state index is -4.75. The molecule has 2 aromatic rings. The van der Waals surface area contributed by atoms with E-state index in [1.54, 1.807) is 0 Å². The quantitative estimate of drug-likeness (QED) is 0.316. The number of halogens is 8. The molecule has 0 amide bonds. The maximum absolute atomic E-state index is 14.7. The number of ether oxygens (including phenoxy) is 1. The SMILES string of the molecule is C[C@H](Oc1cc(NC(O)N2CCC(F)(F)C2)c(F)cc1CNc1c(F)cccc1Cl)C(F)(F)F. The first-order valence-corrected chi connectivity index (χ1v) is 10.4.